The van der Waals surface area contributed by atoms with Crippen molar-refractivity contribution in [2.75, 3.05) is 17.2 Å². The molecular formula is C14H17N3O2. The van der Waals surface area contributed by atoms with Crippen molar-refractivity contribution >= 4 is 23.3 Å². The van der Waals surface area contributed by atoms with E-state index in [9.17, 15) is 9.59 Å². The van der Waals surface area contributed by atoms with E-state index in [0.717, 1.165) is 25.7 Å². The molecule has 2 aliphatic heterocycles. The van der Waals surface area contributed by atoms with Gasteiger partial charge in [0.25, 0.3) is 5.91 Å². The average molecular weight is 259 g/mol. The average Bonchev–Trinajstić information content (AvgIpc) is 2.59. The highest BCUT2D eigenvalue weighted by molar-refractivity contribution is 6.21. The fourth-order valence-corrected chi connectivity index (χ4v) is 2.87. The molecule has 1 unspecified atom stereocenters. The molecule has 2 aliphatic rings. The lowest BCUT2D eigenvalue weighted by Gasteiger charge is -2.18. The smallest absolute Gasteiger partial charge is 0.332 e. The molecule has 1 aromatic rings. The van der Waals surface area contributed by atoms with Crippen LogP contribution < -0.4 is 10.6 Å². The summed E-state index contributed by atoms with van der Waals surface area (Å²) in [6.45, 7) is 0.675. The van der Waals surface area contributed by atoms with Gasteiger partial charge >= 0.3 is 6.03 Å². The van der Waals surface area contributed by atoms with Crippen molar-refractivity contribution in [2.24, 2.45) is 0 Å². The lowest BCUT2D eigenvalue weighted by atomic mass is 10.1. The van der Waals surface area contributed by atoms with E-state index in [2.05, 4.69) is 0 Å². The lowest BCUT2D eigenvalue weighted by molar-refractivity contribution is -0.119. The van der Waals surface area contributed by atoms with Crippen molar-refractivity contribution in [3.63, 3.8) is 0 Å². The monoisotopic (exact) mass is 259 g/mol. The molecule has 3 amide bonds. The number of nitrogens with two attached hydrogens (primary N) is 1. The van der Waals surface area contributed by atoms with Gasteiger partial charge in [-0.05, 0) is 31.0 Å². The summed E-state index contributed by atoms with van der Waals surface area (Å²) in [6.07, 6.45) is 3.83. The Morgan fingerprint density at radius 1 is 1.16 bits per heavy atom. The first-order valence-electron chi connectivity index (χ1n) is 6.68. The molecule has 2 N–H and O–H groups in total. The lowest BCUT2D eigenvalue weighted by Crippen LogP contribution is -2.34. The molecule has 5 nitrogen and oxygen atoms in total. The molecule has 1 atom stereocenters. The van der Waals surface area contributed by atoms with Crippen LogP contribution in [0.5, 0.6) is 0 Å². The van der Waals surface area contributed by atoms with Crippen molar-refractivity contribution < 1.29 is 9.59 Å². The molecule has 0 saturated carbocycles. The minimum atomic E-state index is -0.281. The summed E-state index contributed by atoms with van der Waals surface area (Å²) >= 11 is 0. The fourth-order valence-electron chi connectivity index (χ4n) is 2.87. The fraction of sp³-hybridized carbons (Fsp3) is 0.429. The molecule has 1 aromatic carbocycles. The van der Waals surface area contributed by atoms with Gasteiger partial charge in [-0.15, -0.1) is 0 Å². The van der Waals surface area contributed by atoms with Gasteiger partial charge in [-0.1, -0.05) is 18.9 Å². The van der Waals surface area contributed by atoms with E-state index < -0.39 is 0 Å². The van der Waals surface area contributed by atoms with E-state index >= 15 is 0 Å². The van der Waals surface area contributed by atoms with E-state index in [0.29, 0.717) is 17.9 Å². The SMILES string of the molecule is Nc1cccc(N2C(=O)C3CCCCCN3C2=O)c1. The van der Waals surface area contributed by atoms with Gasteiger partial charge in [-0.25, -0.2) is 9.69 Å². The van der Waals surface area contributed by atoms with Crippen LogP contribution >= 0.6 is 0 Å². The third-order valence-electron chi connectivity index (χ3n) is 3.82. The number of nitrogens with zero attached hydrogens (tertiary/aromatic N) is 2. The number of carbonyl (C=O) groups excluding carboxylic acids is 2. The number of hydrogen-bond acceptors (Lipinski definition) is 3. The molecule has 2 heterocycles. The molecule has 100 valence electrons. The molecule has 5 heteroatoms. The Hall–Kier alpha value is -2.04. The summed E-state index contributed by atoms with van der Waals surface area (Å²) in [6, 6.07) is 6.43. The number of anilines is 2. The number of benzene rings is 1. The first-order valence-corrected chi connectivity index (χ1v) is 6.68. The second-order valence-corrected chi connectivity index (χ2v) is 5.11. The number of nitrogen functional groups attached to an aromatic ring is 1. The quantitative estimate of drug-likeness (QED) is 0.619. The van der Waals surface area contributed by atoms with Crippen molar-refractivity contribution in [1.29, 1.82) is 0 Å². The van der Waals surface area contributed by atoms with Gasteiger partial charge < -0.3 is 10.6 Å². The summed E-state index contributed by atoms with van der Waals surface area (Å²) in [5.41, 5.74) is 6.85. The Morgan fingerprint density at radius 2 is 2.00 bits per heavy atom. The van der Waals surface area contributed by atoms with Crippen LogP contribution in [0.3, 0.4) is 0 Å². The van der Waals surface area contributed by atoms with Crippen LogP contribution in [0.25, 0.3) is 0 Å². The number of rotatable bonds is 1. The summed E-state index contributed by atoms with van der Waals surface area (Å²) in [5, 5.41) is 0. The third kappa shape index (κ3) is 1.95. The summed E-state index contributed by atoms with van der Waals surface area (Å²) in [4.78, 5) is 27.8. The standard InChI is InChI=1S/C14H17N3O2/c15-10-5-4-6-11(9-10)17-13(18)12-7-2-1-3-8-16(12)14(17)19/h4-6,9,12H,1-3,7-8,15H2. The van der Waals surface area contributed by atoms with Crippen LogP contribution in [0, 0.1) is 0 Å². The Bertz CT molecular complexity index is 505. The Morgan fingerprint density at radius 3 is 2.79 bits per heavy atom. The van der Waals surface area contributed by atoms with Crippen molar-refractivity contribution in [3.05, 3.63) is 24.3 Å². The highest BCUT2D eigenvalue weighted by Gasteiger charge is 2.45. The van der Waals surface area contributed by atoms with Crippen molar-refractivity contribution in [2.45, 2.75) is 31.7 Å². The molecule has 2 saturated heterocycles. The summed E-state index contributed by atoms with van der Waals surface area (Å²) < 4.78 is 0. The van der Waals surface area contributed by atoms with Gasteiger partial charge in [-0.2, -0.15) is 0 Å². The topological polar surface area (TPSA) is 66.6 Å². The van der Waals surface area contributed by atoms with Crippen LogP contribution in [0.2, 0.25) is 0 Å². The number of urea groups is 1. The van der Waals surface area contributed by atoms with Gasteiger partial charge in [0.15, 0.2) is 0 Å². The van der Waals surface area contributed by atoms with Gasteiger partial charge in [0, 0.05) is 12.2 Å². The first-order chi connectivity index (χ1) is 9.18. The van der Waals surface area contributed by atoms with Crippen LogP contribution in [0.15, 0.2) is 24.3 Å². The Balaban J connectivity index is 1.95. The predicted molar refractivity (Wildman–Crippen MR) is 72.7 cm³/mol. The van der Waals surface area contributed by atoms with Gasteiger partial charge in [0.2, 0.25) is 0 Å². The zero-order chi connectivity index (χ0) is 13.4. The highest BCUT2D eigenvalue weighted by atomic mass is 16.2. The number of hydrogen-bond donors (Lipinski definition) is 1. The molecule has 3 rings (SSSR count). The van der Waals surface area contributed by atoms with Crippen molar-refractivity contribution in [3.8, 4) is 0 Å². The highest BCUT2D eigenvalue weighted by Crippen LogP contribution is 2.30. The van der Waals surface area contributed by atoms with E-state index in [1.165, 1.54) is 4.90 Å². The third-order valence-corrected chi connectivity index (χ3v) is 3.82. The minimum Gasteiger partial charge on any atom is -0.399 e. The summed E-state index contributed by atoms with van der Waals surface area (Å²) in [5.74, 6) is -0.113. The number of imide groups is 1. The number of carbonyl (C=O) groups is 2. The van der Waals surface area contributed by atoms with E-state index in [-0.39, 0.29) is 18.0 Å². The van der Waals surface area contributed by atoms with E-state index in [1.807, 2.05) is 0 Å². The zero-order valence-corrected chi connectivity index (χ0v) is 10.7. The summed E-state index contributed by atoms with van der Waals surface area (Å²) in [7, 11) is 0. The molecular weight excluding hydrogens is 242 g/mol. The molecule has 0 bridgehead atoms. The first kappa shape index (κ1) is 12.0. The minimum absolute atomic E-state index is 0.113. The van der Waals surface area contributed by atoms with Gasteiger partial charge in [0.1, 0.15) is 6.04 Å². The molecule has 0 aliphatic carbocycles. The Kier molecular flexibility index (Phi) is 2.89. The molecule has 2 fully saturated rings. The number of amides is 3. The largest absolute Gasteiger partial charge is 0.399 e. The molecule has 0 spiro atoms. The normalized spacial score (nSPS) is 23.5. The molecule has 19 heavy (non-hydrogen) atoms. The predicted octanol–water partition coefficient (Wildman–Crippen LogP) is 1.98. The van der Waals surface area contributed by atoms with E-state index in [4.69, 9.17) is 5.73 Å². The van der Waals surface area contributed by atoms with Crippen LogP contribution in [0.1, 0.15) is 25.7 Å². The maximum Gasteiger partial charge on any atom is 0.332 e. The van der Waals surface area contributed by atoms with Crippen LogP contribution in [-0.4, -0.2) is 29.4 Å². The maximum absolute atomic E-state index is 12.4. The number of fused-ring (bicyclic) bond motifs is 1. The van der Waals surface area contributed by atoms with Crippen LogP contribution in [-0.2, 0) is 4.79 Å². The Labute approximate surface area is 112 Å². The van der Waals surface area contributed by atoms with E-state index in [1.54, 1.807) is 29.2 Å². The molecule has 0 aromatic heterocycles. The molecule has 0 radical (unpaired) electrons. The second kappa shape index (κ2) is 4.57. The van der Waals surface area contributed by atoms with Crippen LogP contribution in [0.4, 0.5) is 16.2 Å². The maximum atomic E-state index is 12.4. The van der Waals surface area contributed by atoms with Crippen molar-refractivity contribution in [1.82, 2.24) is 4.90 Å². The van der Waals surface area contributed by atoms with Gasteiger partial charge in [-0.3, -0.25) is 4.79 Å². The second-order valence-electron chi connectivity index (χ2n) is 5.11. The van der Waals surface area contributed by atoms with Gasteiger partial charge in [0.05, 0.1) is 5.69 Å². The zero-order valence-electron chi connectivity index (χ0n) is 10.7.